The molecule has 16 heavy (non-hydrogen) atoms. The zero-order valence-electron chi connectivity index (χ0n) is 9.38. The molecule has 82 valence electrons. The zero-order chi connectivity index (χ0) is 11.1. The fourth-order valence-electron chi connectivity index (χ4n) is 2.43. The average molecular weight is 214 g/mol. The molecule has 1 aromatic heterocycles. The van der Waals surface area contributed by atoms with E-state index >= 15 is 0 Å². The summed E-state index contributed by atoms with van der Waals surface area (Å²) in [5.41, 5.74) is 2.95. The first-order chi connectivity index (χ1) is 7.75. The fraction of sp³-hybridized carbons (Fsp3) is 0.357. The third-order valence-electron chi connectivity index (χ3n) is 3.31. The molecule has 0 atom stereocenters. The average Bonchev–Trinajstić information content (AvgIpc) is 2.29. The first-order valence-corrected chi connectivity index (χ1v) is 5.81. The number of rotatable bonds is 0. The summed E-state index contributed by atoms with van der Waals surface area (Å²) < 4.78 is 5.85. The Morgan fingerprint density at radius 2 is 2.00 bits per heavy atom. The standard InChI is InChI=1S/C14H14O2/c1-9-6-7-11-13(8-9)16-12-5-3-2-4-10(12)14(11)15/h6-8H,2-5H2,1H3. The van der Waals surface area contributed by atoms with E-state index < -0.39 is 0 Å². The minimum absolute atomic E-state index is 0.177. The molecule has 2 heteroatoms. The molecule has 0 spiro atoms. The van der Waals surface area contributed by atoms with Crippen molar-refractivity contribution in [1.29, 1.82) is 0 Å². The number of aryl methyl sites for hydroxylation is 2. The first-order valence-electron chi connectivity index (χ1n) is 5.81. The summed E-state index contributed by atoms with van der Waals surface area (Å²) in [5, 5.41) is 0.728. The van der Waals surface area contributed by atoms with E-state index in [1.807, 2.05) is 25.1 Å². The smallest absolute Gasteiger partial charge is 0.196 e. The molecule has 1 aliphatic rings. The van der Waals surface area contributed by atoms with Gasteiger partial charge in [-0.05, 0) is 43.9 Å². The summed E-state index contributed by atoms with van der Waals surface area (Å²) in [6.07, 6.45) is 4.03. The second-order valence-corrected chi connectivity index (χ2v) is 4.54. The van der Waals surface area contributed by atoms with Crippen molar-refractivity contribution in [2.75, 3.05) is 0 Å². The highest BCUT2D eigenvalue weighted by molar-refractivity contribution is 5.78. The molecule has 0 saturated carbocycles. The summed E-state index contributed by atoms with van der Waals surface area (Å²) in [5.74, 6) is 0.911. The Morgan fingerprint density at radius 3 is 2.88 bits per heavy atom. The molecule has 0 unspecified atom stereocenters. The molecule has 1 heterocycles. The van der Waals surface area contributed by atoms with Crippen LogP contribution in [0.25, 0.3) is 11.0 Å². The SMILES string of the molecule is Cc1ccc2c(=O)c3c(oc2c1)CCCC3. The molecule has 0 N–H and O–H groups in total. The Hall–Kier alpha value is -1.57. The van der Waals surface area contributed by atoms with E-state index in [2.05, 4.69) is 0 Å². The molecular formula is C14H14O2. The van der Waals surface area contributed by atoms with Crippen LogP contribution >= 0.6 is 0 Å². The normalized spacial score (nSPS) is 15.1. The quantitative estimate of drug-likeness (QED) is 0.674. The lowest BCUT2D eigenvalue weighted by Crippen LogP contribution is -2.16. The van der Waals surface area contributed by atoms with Crippen molar-refractivity contribution in [3.63, 3.8) is 0 Å². The highest BCUT2D eigenvalue weighted by Crippen LogP contribution is 2.23. The van der Waals surface area contributed by atoms with Gasteiger partial charge >= 0.3 is 0 Å². The lowest BCUT2D eigenvalue weighted by molar-refractivity contribution is 0.487. The Bertz CT molecular complexity index is 608. The van der Waals surface area contributed by atoms with Crippen molar-refractivity contribution in [3.8, 4) is 0 Å². The van der Waals surface area contributed by atoms with Gasteiger partial charge in [-0.1, -0.05) is 6.07 Å². The number of benzene rings is 1. The summed E-state index contributed by atoms with van der Waals surface area (Å²) in [7, 11) is 0. The van der Waals surface area contributed by atoms with Gasteiger partial charge in [0.1, 0.15) is 11.3 Å². The predicted molar refractivity (Wildman–Crippen MR) is 63.9 cm³/mol. The van der Waals surface area contributed by atoms with Gasteiger partial charge in [-0.2, -0.15) is 0 Å². The summed E-state index contributed by atoms with van der Waals surface area (Å²) in [6, 6.07) is 5.80. The van der Waals surface area contributed by atoms with Crippen LogP contribution in [0.5, 0.6) is 0 Å². The van der Waals surface area contributed by atoms with Crippen LogP contribution in [0.2, 0.25) is 0 Å². The third kappa shape index (κ3) is 1.37. The molecule has 0 bridgehead atoms. The third-order valence-corrected chi connectivity index (χ3v) is 3.31. The summed E-state index contributed by atoms with van der Waals surface area (Å²) in [6.45, 7) is 2.01. The van der Waals surface area contributed by atoms with Gasteiger partial charge in [-0.25, -0.2) is 0 Å². The molecule has 3 rings (SSSR count). The topological polar surface area (TPSA) is 30.2 Å². The van der Waals surface area contributed by atoms with E-state index in [-0.39, 0.29) is 5.43 Å². The number of hydrogen-bond donors (Lipinski definition) is 0. The van der Waals surface area contributed by atoms with Crippen LogP contribution < -0.4 is 5.43 Å². The zero-order valence-corrected chi connectivity index (χ0v) is 9.38. The minimum Gasteiger partial charge on any atom is -0.461 e. The second-order valence-electron chi connectivity index (χ2n) is 4.54. The van der Waals surface area contributed by atoms with Gasteiger partial charge < -0.3 is 4.42 Å². The molecule has 1 aromatic carbocycles. The van der Waals surface area contributed by atoms with Gasteiger partial charge in [-0.3, -0.25) is 4.79 Å². The highest BCUT2D eigenvalue weighted by atomic mass is 16.3. The monoisotopic (exact) mass is 214 g/mol. The Balaban J connectivity index is 2.39. The van der Waals surface area contributed by atoms with Crippen molar-refractivity contribution in [3.05, 3.63) is 45.3 Å². The molecule has 0 fully saturated rings. The van der Waals surface area contributed by atoms with Crippen molar-refractivity contribution in [1.82, 2.24) is 0 Å². The largest absolute Gasteiger partial charge is 0.461 e. The Morgan fingerprint density at radius 1 is 1.19 bits per heavy atom. The molecule has 0 radical (unpaired) electrons. The maximum Gasteiger partial charge on any atom is 0.196 e. The van der Waals surface area contributed by atoms with Crippen LogP contribution in [0.4, 0.5) is 0 Å². The van der Waals surface area contributed by atoms with Gasteiger partial charge in [0.2, 0.25) is 0 Å². The van der Waals surface area contributed by atoms with Gasteiger partial charge in [0, 0.05) is 12.0 Å². The van der Waals surface area contributed by atoms with Crippen LogP contribution in [0, 0.1) is 6.92 Å². The molecule has 0 amide bonds. The highest BCUT2D eigenvalue weighted by Gasteiger charge is 2.17. The number of fused-ring (bicyclic) bond motifs is 2. The van der Waals surface area contributed by atoms with E-state index in [1.165, 1.54) is 0 Å². The van der Waals surface area contributed by atoms with Gasteiger partial charge in [-0.15, -0.1) is 0 Å². The van der Waals surface area contributed by atoms with Crippen molar-refractivity contribution < 1.29 is 4.42 Å². The minimum atomic E-state index is 0.177. The molecule has 0 aliphatic heterocycles. The second kappa shape index (κ2) is 3.48. The Kier molecular flexibility index (Phi) is 2.10. The molecular weight excluding hydrogens is 200 g/mol. The van der Waals surface area contributed by atoms with E-state index in [4.69, 9.17) is 4.42 Å². The summed E-state index contributed by atoms with van der Waals surface area (Å²) >= 11 is 0. The van der Waals surface area contributed by atoms with E-state index in [0.717, 1.165) is 53.5 Å². The molecule has 2 aromatic rings. The van der Waals surface area contributed by atoms with Gasteiger partial charge in [0.25, 0.3) is 0 Å². The van der Waals surface area contributed by atoms with Crippen LogP contribution in [0.3, 0.4) is 0 Å². The molecule has 2 nitrogen and oxygen atoms in total. The van der Waals surface area contributed by atoms with Crippen LogP contribution in [-0.2, 0) is 12.8 Å². The van der Waals surface area contributed by atoms with Gasteiger partial charge in [0.15, 0.2) is 5.43 Å². The van der Waals surface area contributed by atoms with Crippen molar-refractivity contribution in [2.45, 2.75) is 32.6 Å². The van der Waals surface area contributed by atoms with Crippen molar-refractivity contribution in [2.24, 2.45) is 0 Å². The van der Waals surface area contributed by atoms with Crippen molar-refractivity contribution >= 4 is 11.0 Å². The Labute approximate surface area is 93.9 Å². The summed E-state index contributed by atoms with van der Waals surface area (Å²) in [4.78, 5) is 12.2. The maximum absolute atomic E-state index is 12.2. The molecule has 0 saturated heterocycles. The van der Waals surface area contributed by atoms with Gasteiger partial charge in [0.05, 0.1) is 5.39 Å². The van der Waals surface area contributed by atoms with Crippen LogP contribution in [-0.4, -0.2) is 0 Å². The van der Waals surface area contributed by atoms with Crippen LogP contribution in [0.15, 0.2) is 27.4 Å². The van der Waals surface area contributed by atoms with E-state index in [1.54, 1.807) is 0 Å². The fourth-order valence-corrected chi connectivity index (χ4v) is 2.43. The van der Waals surface area contributed by atoms with E-state index in [0.29, 0.717) is 0 Å². The lowest BCUT2D eigenvalue weighted by atomic mass is 9.95. The van der Waals surface area contributed by atoms with Crippen LogP contribution in [0.1, 0.15) is 29.7 Å². The molecule has 1 aliphatic carbocycles. The maximum atomic E-state index is 12.2. The lowest BCUT2D eigenvalue weighted by Gasteiger charge is -2.14. The predicted octanol–water partition coefficient (Wildman–Crippen LogP) is 2.98. The van der Waals surface area contributed by atoms with E-state index in [9.17, 15) is 4.79 Å². The number of hydrogen-bond acceptors (Lipinski definition) is 2. The first kappa shape index (κ1) is 9.64.